The summed E-state index contributed by atoms with van der Waals surface area (Å²) in [7, 11) is 1.60. The van der Waals surface area contributed by atoms with Gasteiger partial charge in [0.25, 0.3) is 0 Å². The molecule has 0 radical (unpaired) electrons. The van der Waals surface area contributed by atoms with Crippen molar-refractivity contribution in [2.75, 3.05) is 13.7 Å². The average Bonchev–Trinajstić information content (AvgIpc) is 3.02. The number of carbonyl (C=O) groups excluding carboxylic acids is 1. The van der Waals surface area contributed by atoms with Gasteiger partial charge in [-0.3, -0.25) is 0 Å². The minimum absolute atomic E-state index is 0.167. The summed E-state index contributed by atoms with van der Waals surface area (Å²) in [6.07, 6.45) is 1.52. The summed E-state index contributed by atoms with van der Waals surface area (Å²) >= 11 is 3.44. The van der Waals surface area contributed by atoms with Gasteiger partial charge >= 0.3 is 5.97 Å². The van der Waals surface area contributed by atoms with Crippen molar-refractivity contribution < 1.29 is 18.7 Å². The number of oxazole rings is 1. The van der Waals surface area contributed by atoms with E-state index >= 15 is 0 Å². The minimum Gasteiger partial charge on any atom is -0.496 e. The van der Waals surface area contributed by atoms with Gasteiger partial charge in [0.2, 0.25) is 5.89 Å². The minimum atomic E-state index is -0.423. The number of ether oxygens (including phenoxy) is 2. The molecule has 0 unspecified atom stereocenters. The largest absolute Gasteiger partial charge is 0.496 e. The lowest BCUT2D eigenvalue weighted by molar-refractivity contribution is 0.0550. The Morgan fingerprint density at radius 1 is 1.33 bits per heavy atom. The van der Waals surface area contributed by atoms with Gasteiger partial charge in [-0.05, 0) is 52.3 Å². The number of hydrogen-bond donors (Lipinski definition) is 0. The average molecular weight is 388 g/mol. The van der Waals surface area contributed by atoms with Crippen molar-refractivity contribution in [1.29, 1.82) is 0 Å². The maximum atomic E-state index is 11.9. The molecule has 0 aliphatic heterocycles. The molecule has 0 aliphatic rings. The fourth-order valence-electron chi connectivity index (χ4n) is 2.20. The molecule has 0 saturated carbocycles. The van der Waals surface area contributed by atoms with Gasteiger partial charge in [0, 0.05) is 5.56 Å². The second-order valence-electron chi connectivity index (χ2n) is 4.94. The number of esters is 1. The molecule has 0 fully saturated rings. The first-order valence-corrected chi connectivity index (χ1v) is 7.94. The molecule has 1 heterocycles. The number of methoxy groups -OCH3 is 1. The summed E-state index contributed by atoms with van der Waals surface area (Å²) in [5.74, 6) is 0.764. The van der Waals surface area contributed by atoms with E-state index in [0.29, 0.717) is 22.6 Å². The Hall–Kier alpha value is -2.60. The van der Waals surface area contributed by atoms with E-state index in [4.69, 9.17) is 13.9 Å². The van der Waals surface area contributed by atoms with Crippen LogP contribution in [0.2, 0.25) is 0 Å². The third kappa shape index (κ3) is 3.19. The maximum Gasteiger partial charge on any atom is 0.338 e. The topological polar surface area (TPSA) is 61.6 Å². The van der Waals surface area contributed by atoms with Gasteiger partial charge in [0.15, 0.2) is 5.58 Å². The zero-order valence-electron chi connectivity index (χ0n) is 12.9. The Labute approximate surface area is 147 Å². The smallest absolute Gasteiger partial charge is 0.338 e. The molecule has 6 heteroatoms. The Bertz CT molecular complexity index is 917. The van der Waals surface area contributed by atoms with E-state index in [9.17, 15) is 4.79 Å². The molecule has 0 N–H and O–H groups in total. The molecule has 3 rings (SSSR count). The van der Waals surface area contributed by atoms with Crippen LogP contribution in [0.1, 0.15) is 10.4 Å². The summed E-state index contributed by atoms with van der Waals surface area (Å²) in [4.78, 5) is 16.3. The third-order valence-corrected chi connectivity index (χ3v) is 3.97. The summed E-state index contributed by atoms with van der Waals surface area (Å²) < 4.78 is 16.8. The summed E-state index contributed by atoms with van der Waals surface area (Å²) in [6, 6.07) is 10.5. The van der Waals surface area contributed by atoms with E-state index in [1.165, 1.54) is 6.08 Å². The number of benzene rings is 2. The molecule has 3 aromatic rings. The quantitative estimate of drug-likeness (QED) is 0.472. The van der Waals surface area contributed by atoms with Crippen LogP contribution in [0.25, 0.3) is 22.6 Å². The van der Waals surface area contributed by atoms with Crippen LogP contribution in [-0.2, 0) is 4.74 Å². The van der Waals surface area contributed by atoms with Gasteiger partial charge < -0.3 is 13.9 Å². The number of nitrogens with zero attached hydrogens (tertiary/aromatic N) is 1. The van der Waals surface area contributed by atoms with Gasteiger partial charge in [-0.1, -0.05) is 12.7 Å². The van der Waals surface area contributed by atoms with Gasteiger partial charge in [0.1, 0.15) is 17.9 Å². The van der Waals surface area contributed by atoms with Crippen molar-refractivity contribution in [2.45, 2.75) is 0 Å². The molecule has 2 aromatic carbocycles. The molecular weight excluding hydrogens is 374 g/mol. The summed E-state index contributed by atoms with van der Waals surface area (Å²) in [5.41, 5.74) is 2.40. The lowest BCUT2D eigenvalue weighted by Crippen LogP contribution is -2.04. The second kappa shape index (κ2) is 6.88. The van der Waals surface area contributed by atoms with Crippen molar-refractivity contribution in [2.24, 2.45) is 0 Å². The lowest BCUT2D eigenvalue weighted by Gasteiger charge is -2.03. The number of halogens is 1. The first kappa shape index (κ1) is 16.3. The number of rotatable bonds is 5. The third-order valence-electron chi connectivity index (χ3n) is 3.35. The molecule has 0 atom stereocenters. The van der Waals surface area contributed by atoms with E-state index in [1.54, 1.807) is 25.3 Å². The fourth-order valence-corrected chi connectivity index (χ4v) is 2.74. The number of aromatic nitrogens is 1. The van der Waals surface area contributed by atoms with E-state index < -0.39 is 5.97 Å². The molecule has 0 saturated heterocycles. The van der Waals surface area contributed by atoms with Crippen molar-refractivity contribution in [1.82, 2.24) is 4.98 Å². The van der Waals surface area contributed by atoms with E-state index in [0.717, 1.165) is 15.8 Å². The van der Waals surface area contributed by atoms with Crippen LogP contribution in [-0.4, -0.2) is 24.7 Å². The van der Waals surface area contributed by atoms with E-state index in [1.807, 2.05) is 18.2 Å². The fraction of sp³-hybridized carbons (Fsp3) is 0.111. The highest BCUT2D eigenvalue weighted by Gasteiger charge is 2.13. The molecule has 0 bridgehead atoms. The molecule has 1 aromatic heterocycles. The maximum absolute atomic E-state index is 11.9. The Balaban J connectivity index is 1.95. The van der Waals surface area contributed by atoms with Gasteiger partial charge in [-0.25, -0.2) is 9.78 Å². The predicted octanol–water partition coefficient (Wildman–Crippen LogP) is 4.61. The predicted molar refractivity (Wildman–Crippen MR) is 94.2 cm³/mol. The highest BCUT2D eigenvalue weighted by atomic mass is 79.9. The molecule has 5 nitrogen and oxygen atoms in total. The lowest BCUT2D eigenvalue weighted by atomic mass is 10.2. The van der Waals surface area contributed by atoms with Gasteiger partial charge in [-0.2, -0.15) is 0 Å². The first-order chi connectivity index (χ1) is 11.6. The van der Waals surface area contributed by atoms with Gasteiger partial charge in [0.05, 0.1) is 17.1 Å². The summed E-state index contributed by atoms with van der Waals surface area (Å²) in [6.45, 7) is 3.68. The van der Waals surface area contributed by atoms with Crippen molar-refractivity contribution in [3.8, 4) is 17.2 Å². The van der Waals surface area contributed by atoms with Crippen LogP contribution in [0.4, 0.5) is 0 Å². The molecule has 0 amide bonds. The van der Waals surface area contributed by atoms with Crippen molar-refractivity contribution in [3.05, 3.63) is 59.1 Å². The van der Waals surface area contributed by atoms with Crippen LogP contribution in [0, 0.1) is 0 Å². The van der Waals surface area contributed by atoms with Crippen LogP contribution < -0.4 is 4.74 Å². The Kier molecular flexibility index (Phi) is 4.66. The van der Waals surface area contributed by atoms with Crippen LogP contribution >= 0.6 is 15.9 Å². The Morgan fingerprint density at radius 2 is 2.17 bits per heavy atom. The SMILES string of the molecule is C=CCOC(=O)c1ccc2oc(-c3ccc(OC)c(Br)c3)nc2c1. The second-order valence-corrected chi connectivity index (χ2v) is 5.79. The number of fused-ring (bicyclic) bond motifs is 1. The van der Waals surface area contributed by atoms with Crippen LogP contribution in [0.15, 0.2) is 57.9 Å². The molecule has 0 spiro atoms. The standard InChI is InChI=1S/C18H14BrNO4/c1-3-8-23-18(21)12-5-7-16-14(10-12)20-17(24-16)11-4-6-15(22-2)13(19)9-11/h3-7,9-10H,1,8H2,2H3. The van der Waals surface area contributed by atoms with Crippen molar-refractivity contribution in [3.63, 3.8) is 0 Å². The van der Waals surface area contributed by atoms with E-state index in [2.05, 4.69) is 27.5 Å². The Morgan fingerprint density at radius 3 is 2.88 bits per heavy atom. The summed E-state index contributed by atoms with van der Waals surface area (Å²) in [5, 5.41) is 0. The van der Waals surface area contributed by atoms with Crippen LogP contribution in [0.5, 0.6) is 5.75 Å². The highest BCUT2D eigenvalue weighted by Crippen LogP contribution is 2.31. The van der Waals surface area contributed by atoms with E-state index in [-0.39, 0.29) is 6.61 Å². The monoisotopic (exact) mass is 387 g/mol. The zero-order chi connectivity index (χ0) is 17.1. The molecule has 122 valence electrons. The highest BCUT2D eigenvalue weighted by molar-refractivity contribution is 9.10. The molecule has 24 heavy (non-hydrogen) atoms. The first-order valence-electron chi connectivity index (χ1n) is 7.15. The zero-order valence-corrected chi connectivity index (χ0v) is 14.5. The van der Waals surface area contributed by atoms with Crippen LogP contribution in [0.3, 0.4) is 0 Å². The van der Waals surface area contributed by atoms with Crippen molar-refractivity contribution >= 4 is 33.0 Å². The number of carbonyl (C=O) groups is 1. The molecular formula is C18H14BrNO4. The number of hydrogen-bond acceptors (Lipinski definition) is 5. The normalized spacial score (nSPS) is 10.6. The van der Waals surface area contributed by atoms with Gasteiger partial charge in [-0.15, -0.1) is 0 Å². The molecule has 0 aliphatic carbocycles.